The van der Waals surface area contributed by atoms with E-state index in [9.17, 15) is 29.1 Å². The number of aromatic hydroxyl groups is 1. The van der Waals surface area contributed by atoms with Gasteiger partial charge in [-0.2, -0.15) is 0 Å². The molecule has 1 saturated heterocycles. The van der Waals surface area contributed by atoms with Gasteiger partial charge in [0.1, 0.15) is 24.2 Å². The molecule has 2 aromatic rings. The molecule has 0 spiro atoms. The van der Waals surface area contributed by atoms with Crippen LogP contribution in [0.1, 0.15) is 43.6 Å². The fourth-order valence-corrected chi connectivity index (χ4v) is 4.25. The van der Waals surface area contributed by atoms with E-state index in [1.54, 1.807) is 24.3 Å². The van der Waals surface area contributed by atoms with Crippen molar-refractivity contribution >= 4 is 41.3 Å². The van der Waals surface area contributed by atoms with Crippen molar-refractivity contribution in [3.8, 4) is 11.5 Å². The highest BCUT2D eigenvalue weighted by molar-refractivity contribution is 6.30. The summed E-state index contributed by atoms with van der Waals surface area (Å²) in [6.45, 7) is 4.03. The monoisotopic (exact) mass is 592 g/mol. The number of phenols is 1. The van der Waals surface area contributed by atoms with Crippen LogP contribution in [0.15, 0.2) is 42.5 Å². The van der Waals surface area contributed by atoms with Crippen LogP contribution in [0.3, 0.4) is 0 Å². The van der Waals surface area contributed by atoms with E-state index in [0.717, 1.165) is 33.8 Å². The zero-order valence-corrected chi connectivity index (χ0v) is 23.4. The van der Waals surface area contributed by atoms with Gasteiger partial charge in [-0.25, -0.2) is 0 Å². The maximum atomic E-state index is 12.8. The molecule has 0 aromatic heterocycles. The lowest BCUT2D eigenvalue weighted by molar-refractivity contribution is -0.288. The van der Waals surface area contributed by atoms with E-state index < -0.39 is 66.9 Å². The number of benzene rings is 2. The number of hydrogen-bond acceptors (Lipinski definition) is 12. The van der Waals surface area contributed by atoms with Crippen LogP contribution in [0.2, 0.25) is 5.02 Å². The predicted octanol–water partition coefficient (Wildman–Crippen LogP) is 2.93. The third-order valence-corrected chi connectivity index (χ3v) is 6.00. The second-order valence-corrected chi connectivity index (χ2v) is 9.53. The first-order valence-electron chi connectivity index (χ1n) is 12.4. The standard InChI is InChI=1S/C28H29ClO12/c1-14(30)36-13-24-25(37-15(2)31)26(38-16(3)32)27(39-17(4)33)28(41-24)40-20-9-10-21(23(35)12-20)22(34)11-18-5-7-19(29)8-6-18/h5-10,12,24-28,35H,11,13H2,1-4H3/t24-,25-,26-,27-,28+/m0/s1. The fourth-order valence-electron chi connectivity index (χ4n) is 4.12. The smallest absolute Gasteiger partial charge is 0.303 e. The van der Waals surface area contributed by atoms with Crippen molar-refractivity contribution in [2.24, 2.45) is 0 Å². The lowest BCUT2D eigenvalue weighted by Gasteiger charge is -2.43. The molecule has 5 atom stereocenters. The molecule has 0 saturated carbocycles. The Kier molecular flexibility index (Phi) is 10.7. The number of carbonyl (C=O) groups excluding carboxylic acids is 5. The largest absolute Gasteiger partial charge is 0.507 e. The molecule has 0 radical (unpaired) electrons. The van der Waals surface area contributed by atoms with Gasteiger partial charge in [0.25, 0.3) is 0 Å². The molecule has 13 heteroatoms. The molecular weight excluding hydrogens is 564 g/mol. The van der Waals surface area contributed by atoms with Crippen molar-refractivity contribution < 1.29 is 57.5 Å². The summed E-state index contributed by atoms with van der Waals surface area (Å²) < 4.78 is 32.8. The number of ether oxygens (including phenoxy) is 6. The van der Waals surface area contributed by atoms with Gasteiger partial charge in [0.05, 0.1) is 5.56 Å². The number of phenolic OH excluding ortho intramolecular Hbond substituents is 1. The summed E-state index contributed by atoms with van der Waals surface area (Å²) in [6.07, 6.45) is -6.93. The average Bonchev–Trinajstić information content (AvgIpc) is 2.87. The summed E-state index contributed by atoms with van der Waals surface area (Å²) in [4.78, 5) is 60.1. The minimum atomic E-state index is -1.49. The second kappa shape index (κ2) is 14.0. The van der Waals surface area contributed by atoms with Crippen LogP contribution in [0.25, 0.3) is 0 Å². The van der Waals surface area contributed by atoms with Gasteiger partial charge in [0.2, 0.25) is 12.4 Å². The highest BCUT2D eigenvalue weighted by atomic mass is 35.5. The molecule has 3 rings (SSSR count). The van der Waals surface area contributed by atoms with Gasteiger partial charge < -0.3 is 33.5 Å². The van der Waals surface area contributed by atoms with Crippen molar-refractivity contribution in [2.45, 2.75) is 64.8 Å². The first kappa shape index (κ1) is 31.4. The second-order valence-electron chi connectivity index (χ2n) is 9.09. The zero-order chi connectivity index (χ0) is 30.3. The third kappa shape index (κ3) is 8.92. The first-order valence-corrected chi connectivity index (χ1v) is 12.8. The SMILES string of the molecule is CC(=O)OC[C@@H]1O[C@@H](Oc2ccc(C(=O)Cc3ccc(Cl)cc3)c(O)c2)[C@@H](OC(C)=O)[C@@H](OC(C)=O)[C@H]1OC(C)=O. The van der Waals surface area contributed by atoms with Crippen LogP contribution in [0.5, 0.6) is 11.5 Å². The molecule has 1 N–H and O–H groups in total. The Morgan fingerprint density at radius 1 is 0.805 bits per heavy atom. The Morgan fingerprint density at radius 2 is 1.39 bits per heavy atom. The predicted molar refractivity (Wildman–Crippen MR) is 140 cm³/mol. The van der Waals surface area contributed by atoms with Gasteiger partial charge in [-0.3, -0.25) is 24.0 Å². The lowest BCUT2D eigenvalue weighted by atomic mass is 9.98. The van der Waals surface area contributed by atoms with E-state index >= 15 is 0 Å². The normalized spacial score (nSPS) is 21.7. The molecule has 1 heterocycles. The van der Waals surface area contributed by atoms with Crippen molar-refractivity contribution in [3.05, 3.63) is 58.6 Å². The van der Waals surface area contributed by atoms with Crippen molar-refractivity contribution in [1.29, 1.82) is 0 Å². The van der Waals surface area contributed by atoms with E-state index in [2.05, 4.69) is 0 Å². The number of Topliss-reactive ketones (excluding diaryl/α,β-unsaturated/α-hetero) is 1. The van der Waals surface area contributed by atoms with Crippen molar-refractivity contribution in [1.82, 2.24) is 0 Å². The molecule has 1 aliphatic heterocycles. The van der Waals surface area contributed by atoms with Crippen LogP contribution < -0.4 is 4.74 Å². The molecule has 41 heavy (non-hydrogen) atoms. The summed E-state index contributed by atoms with van der Waals surface area (Å²) in [7, 11) is 0. The minimum absolute atomic E-state index is 0.00459. The highest BCUT2D eigenvalue weighted by Crippen LogP contribution is 2.33. The maximum absolute atomic E-state index is 12.8. The van der Waals surface area contributed by atoms with Gasteiger partial charge >= 0.3 is 23.9 Å². The molecule has 0 bridgehead atoms. The highest BCUT2D eigenvalue weighted by Gasteiger charge is 2.53. The fraction of sp³-hybridized carbons (Fsp3) is 0.393. The summed E-state index contributed by atoms with van der Waals surface area (Å²) in [5.41, 5.74) is 0.713. The molecule has 0 aliphatic carbocycles. The minimum Gasteiger partial charge on any atom is -0.507 e. The van der Waals surface area contributed by atoms with Crippen LogP contribution in [0.4, 0.5) is 0 Å². The summed E-state index contributed by atoms with van der Waals surface area (Å²) in [5, 5.41) is 11.1. The Labute approximate surface area is 240 Å². The van der Waals surface area contributed by atoms with Gasteiger partial charge in [0.15, 0.2) is 18.0 Å². The molecule has 12 nitrogen and oxygen atoms in total. The molecule has 0 amide bonds. The first-order chi connectivity index (χ1) is 19.3. The molecule has 220 valence electrons. The van der Waals surface area contributed by atoms with Gasteiger partial charge in [0, 0.05) is 45.2 Å². The number of rotatable bonds is 10. The van der Waals surface area contributed by atoms with Gasteiger partial charge in [-0.1, -0.05) is 23.7 Å². The van der Waals surface area contributed by atoms with Gasteiger partial charge in [-0.05, 0) is 29.8 Å². The lowest BCUT2D eigenvalue weighted by Crippen LogP contribution is -2.63. The Hall–Kier alpha value is -4.16. The topological polar surface area (TPSA) is 161 Å². The number of ketones is 1. The number of hydrogen-bond donors (Lipinski definition) is 1. The third-order valence-electron chi connectivity index (χ3n) is 5.75. The van der Waals surface area contributed by atoms with E-state index in [-0.39, 0.29) is 23.5 Å². The Bertz CT molecular complexity index is 1290. The van der Waals surface area contributed by atoms with E-state index in [4.69, 9.17) is 40.0 Å². The molecule has 1 aliphatic rings. The van der Waals surface area contributed by atoms with Crippen LogP contribution in [-0.4, -0.2) is 72.1 Å². The maximum Gasteiger partial charge on any atom is 0.303 e. The quantitative estimate of drug-likeness (QED) is 0.244. The summed E-state index contributed by atoms with van der Waals surface area (Å²) in [5.74, 6) is -3.80. The molecular formula is C28H29ClO12. The van der Waals surface area contributed by atoms with Crippen LogP contribution >= 0.6 is 11.6 Å². The molecule has 1 fully saturated rings. The van der Waals surface area contributed by atoms with Crippen LogP contribution in [0, 0.1) is 0 Å². The van der Waals surface area contributed by atoms with Crippen LogP contribution in [-0.2, 0) is 49.3 Å². The number of carbonyl (C=O) groups is 5. The average molecular weight is 593 g/mol. The van der Waals surface area contributed by atoms with E-state index in [1.807, 2.05) is 0 Å². The summed E-state index contributed by atoms with van der Waals surface area (Å²) in [6, 6.07) is 10.6. The van der Waals surface area contributed by atoms with E-state index in [0.29, 0.717) is 10.6 Å². The van der Waals surface area contributed by atoms with Gasteiger partial charge in [-0.15, -0.1) is 0 Å². The number of esters is 4. The zero-order valence-electron chi connectivity index (χ0n) is 22.7. The van der Waals surface area contributed by atoms with Crippen molar-refractivity contribution in [3.63, 3.8) is 0 Å². The molecule has 2 aromatic carbocycles. The molecule has 0 unspecified atom stereocenters. The Balaban J connectivity index is 1.90. The Morgan fingerprint density at radius 3 is 1.95 bits per heavy atom. The summed E-state index contributed by atoms with van der Waals surface area (Å²) >= 11 is 5.89. The van der Waals surface area contributed by atoms with Crippen molar-refractivity contribution in [2.75, 3.05) is 6.61 Å². The van der Waals surface area contributed by atoms with E-state index in [1.165, 1.54) is 12.1 Å². The number of halogens is 1.